The maximum atomic E-state index is 14.8. The second-order valence-electron chi connectivity index (χ2n) is 20.7. The lowest BCUT2D eigenvalue weighted by molar-refractivity contribution is -0.121. The summed E-state index contributed by atoms with van der Waals surface area (Å²) in [6.07, 6.45) is 1.37. The predicted molar refractivity (Wildman–Crippen MR) is 244 cm³/mol. The number of piperazine rings is 1. The van der Waals surface area contributed by atoms with Gasteiger partial charge in [0.05, 0.1) is 17.9 Å². The molecule has 0 radical (unpaired) electrons. The van der Waals surface area contributed by atoms with Crippen molar-refractivity contribution in [1.82, 2.24) is 25.0 Å². The SMILES string of the molecule is C[C@@H]1CN(CC(=O)N2CC(C)(C)c3nc(O[Si](C)(C)C(C)(C)C)c(Cc4ccc(F)cc4)cc32)[C@@H](CN2CCC[C@@H](NC(=O)OCc3ccccc3)C2)CN1C(=O)OC(C)(C)C. The van der Waals surface area contributed by atoms with Crippen LogP contribution >= 0.6 is 0 Å². The Labute approximate surface area is 369 Å². The van der Waals surface area contributed by atoms with Crippen molar-refractivity contribution in [2.45, 2.75) is 135 Å². The Morgan fingerprint density at radius 3 is 2.31 bits per heavy atom. The largest absolute Gasteiger partial charge is 0.530 e. The van der Waals surface area contributed by atoms with Crippen molar-refractivity contribution in [3.05, 3.63) is 88.9 Å². The number of carbonyl (C=O) groups is 3. The van der Waals surface area contributed by atoms with Gasteiger partial charge in [0.15, 0.2) is 0 Å². The number of fused-ring (bicyclic) bond motifs is 1. The fraction of sp³-hybridized carbons (Fsp3) is 0.583. The van der Waals surface area contributed by atoms with E-state index in [1.54, 1.807) is 17.0 Å². The molecule has 2 saturated heterocycles. The summed E-state index contributed by atoms with van der Waals surface area (Å²) in [6.45, 7) is 26.5. The van der Waals surface area contributed by atoms with Crippen LogP contribution in [0.15, 0.2) is 60.7 Å². The van der Waals surface area contributed by atoms with Gasteiger partial charge >= 0.3 is 12.2 Å². The van der Waals surface area contributed by atoms with Crippen LogP contribution in [0.4, 0.5) is 19.7 Å². The van der Waals surface area contributed by atoms with Crippen LogP contribution in [0.2, 0.25) is 18.1 Å². The molecule has 4 heterocycles. The van der Waals surface area contributed by atoms with Crippen LogP contribution < -0.4 is 14.6 Å². The van der Waals surface area contributed by atoms with Gasteiger partial charge in [-0.3, -0.25) is 14.6 Å². The number of benzene rings is 2. The van der Waals surface area contributed by atoms with Crippen molar-refractivity contribution < 1.29 is 32.7 Å². The molecule has 1 N–H and O–H groups in total. The zero-order chi connectivity index (χ0) is 45.2. The number of pyridine rings is 1. The molecular formula is C48H69FN6O6Si. The van der Waals surface area contributed by atoms with Crippen molar-refractivity contribution in [2.75, 3.05) is 50.7 Å². The van der Waals surface area contributed by atoms with Gasteiger partial charge in [0.25, 0.3) is 8.32 Å². The van der Waals surface area contributed by atoms with Gasteiger partial charge in [-0.25, -0.2) is 19.0 Å². The standard InChI is InChI=1S/C48H69FN6O6Si/c1-33-26-53(39(29-54(33)45(58)60-46(2,3)4)28-52-23-15-18-38(27-52)50-44(57)59-31-35-16-13-12-14-17-35)30-41(56)55-32-48(8,9)42-40(55)25-36(24-34-19-21-37(49)22-20-34)43(51-42)61-62(10,11)47(5,6)7/h12-14,16-17,19-22,25,33,38-39H,15,18,23-24,26-32H2,1-11H3,(H,50,57)/t33-,38-,39+/m1/s1. The molecule has 3 aromatic rings. The lowest BCUT2D eigenvalue weighted by Crippen LogP contribution is -2.64. The molecular weight excluding hydrogens is 804 g/mol. The Bertz CT molecular complexity index is 2050. The second-order valence-corrected chi connectivity index (χ2v) is 25.4. The van der Waals surface area contributed by atoms with Crippen LogP contribution in [0.3, 0.4) is 0 Å². The molecule has 338 valence electrons. The monoisotopic (exact) mass is 873 g/mol. The van der Waals surface area contributed by atoms with Crippen LogP contribution in [-0.4, -0.2) is 116 Å². The van der Waals surface area contributed by atoms with E-state index in [1.165, 1.54) is 12.1 Å². The van der Waals surface area contributed by atoms with Gasteiger partial charge in [0, 0.05) is 68.2 Å². The second kappa shape index (κ2) is 18.7. The maximum Gasteiger partial charge on any atom is 0.410 e. The van der Waals surface area contributed by atoms with Gasteiger partial charge in [-0.15, -0.1) is 0 Å². The molecule has 0 unspecified atom stereocenters. The number of anilines is 1. The molecule has 12 nitrogen and oxygen atoms in total. The minimum Gasteiger partial charge on any atom is -0.530 e. The molecule has 2 aromatic carbocycles. The fourth-order valence-corrected chi connectivity index (χ4v) is 9.28. The fourth-order valence-electron chi connectivity index (χ4n) is 8.32. The number of likely N-dealkylation sites (tertiary alicyclic amines) is 1. The first kappa shape index (κ1) is 47.0. The summed E-state index contributed by atoms with van der Waals surface area (Å²) in [5.74, 6) is 0.229. The van der Waals surface area contributed by atoms with E-state index >= 15 is 0 Å². The Morgan fingerprint density at radius 1 is 0.952 bits per heavy atom. The number of piperidine rings is 1. The third-order valence-corrected chi connectivity index (χ3v) is 17.0. The highest BCUT2D eigenvalue weighted by Crippen LogP contribution is 2.44. The minimum absolute atomic E-state index is 0.0494. The van der Waals surface area contributed by atoms with E-state index in [-0.39, 0.29) is 54.1 Å². The van der Waals surface area contributed by atoms with Crippen molar-refractivity contribution >= 4 is 32.1 Å². The molecule has 0 bridgehead atoms. The Balaban J connectivity index is 1.24. The molecule has 2 fully saturated rings. The number of aromatic nitrogens is 1. The first-order chi connectivity index (χ1) is 29.0. The van der Waals surface area contributed by atoms with Crippen LogP contribution in [0.25, 0.3) is 0 Å². The first-order valence-corrected chi connectivity index (χ1v) is 25.1. The quantitative estimate of drug-likeness (QED) is 0.189. The van der Waals surface area contributed by atoms with Crippen LogP contribution in [0.5, 0.6) is 5.88 Å². The maximum absolute atomic E-state index is 14.8. The van der Waals surface area contributed by atoms with Crippen LogP contribution in [-0.2, 0) is 32.7 Å². The highest BCUT2D eigenvalue weighted by molar-refractivity contribution is 6.74. The molecule has 3 amide bonds. The molecule has 14 heteroatoms. The predicted octanol–water partition coefficient (Wildman–Crippen LogP) is 8.52. The molecule has 0 spiro atoms. The van der Waals surface area contributed by atoms with E-state index in [9.17, 15) is 18.8 Å². The number of alkyl carbamates (subject to hydrolysis) is 1. The smallest absolute Gasteiger partial charge is 0.410 e. The van der Waals surface area contributed by atoms with Crippen LogP contribution in [0, 0.1) is 5.82 Å². The van der Waals surface area contributed by atoms with E-state index in [0.29, 0.717) is 45.0 Å². The molecule has 0 aliphatic carbocycles. The molecule has 62 heavy (non-hydrogen) atoms. The van der Waals surface area contributed by atoms with Gasteiger partial charge in [-0.1, -0.05) is 77.1 Å². The summed E-state index contributed by atoms with van der Waals surface area (Å²) in [4.78, 5) is 54.7. The zero-order valence-electron chi connectivity index (χ0n) is 38.8. The van der Waals surface area contributed by atoms with E-state index in [4.69, 9.17) is 18.9 Å². The van der Waals surface area contributed by atoms with Crippen molar-refractivity contribution in [1.29, 1.82) is 0 Å². The van der Waals surface area contributed by atoms with Crippen LogP contribution in [0.1, 0.15) is 97.5 Å². The number of nitrogens with zero attached hydrogens (tertiary/aromatic N) is 5. The molecule has 1 aromatic heterocycles. The normalized spacial score (nSPS) is 21.0. The summed E-state index contributed by atoms with van der Waals surface area (Å²) in [6, 6.07) is 17.7. The molecule has 0 saturated carbocycles. The number of hydrogen-bond donors (Lipinski definition) is 1. The van der Waals surface area contributed by atoms with E-state index in [1.807, 2.05) is 62.9 Å². The molecule has 3 atom stereocenters. The highest BCUT2D eigenvalue weighted by Gasteiger charge is 2.45. The lowest BCUT2D eigenvalue weighted by atomic mass is 9.91. The zero-order valence-corrected chi connectivity index (χ0v) is 39.8. The van der Waals surface area contributed by atoms with Gasteiger partial charge in [-0.05, 0) is 94.5 Å². The summed E-state index contributed by atoms with van der Waals surface area (Å²) >= 11 is 0. The van der Waals surface area contributed by atoms with Crippen molar-refractivity contribution in [3.63, 3.8) is 0 Å². The van der Waals surface area contributed by atoms with Crippen molar-refractivity contribution in [3.8, 4) is 5.88 Å². The number of carbonyl (C=O) groups excluding carboxylic acids is 3. The Hall–Kier alpha value is -4.53. The number of halogens is 1. The summed E-state index contributed by atoms with van der Waals surface area (Å²) in [5.41, 5.74) is 3.16. The van der Waals surface area contributed by atoms with Gasteiger partial charge in [0.1, 0.15) is 18.0 Å². The summed E-state index contributed by atoms with van der Waals surface area (Å²) < 4.78 is 32.3. The minimum atomic E-state index is -2.32. The summed E-state index contributed by atoms with van der Waals surface area (Å²) in [5, 5.41) is 3.00. The molecule has 3 aliphatic rings. The number of ether oxygens (including phenoxy) is 2. The topological polar surface area (TPSA) is 117 Å². The molecule has 3 aliphatic heterocycles. The average Bonchev–Trinajstić information content (AvgIpc) is 3.44. The van der Waals surface area contributed by atoms with Gasteiger partial charge in [-0.2, -0.15) is 0 Å². The van der Waals surface area contributed by atoms with Gasteiger partial charge in [0.2, 0.25) is 11.8 Å². The Kier molecular flexibility index (Phi) is 14.1. The van der Waals surface area contributed by atoms with Crippen molar-refractivity contribution in [2.24, 2.45) is 0 Å². The number of amides is 3. The van der Waals surface area contributed by atoms with E-state index < -0.39 is 25.4 Å². The number of nitrogens with one attached hydrogen (secondary N) is 1. The Morgan fingerprint density at radius 2 is 1.65 bits per heavy atom. The third-order valence-electron chi connectivity index (χ3n) is 12.7. The number of hydrogen-bond acceptors (Lipinski definition) is 9. The lowest BCUT2D eigenvalue weighted by Gasteiger charge is -2.47. The van der Waals surface area contributed by atoms with Gasteiger partial charge < -0.3 is 29.0 Å². The summed E-state index contributed by atoms with van der Waals surface area (Å²) in [7, 11) is -2.32. The highest BCUT2D eigenvalue weighted by atomic mass is 28.4. The molecule has 6 rings (SSSR count). The first-order valence-electron chi connectivity index (χ1n) is 22.2. The number of rotatable bonds is 11. The van der Waals surface area contributed by atoms with E-state index in [2.05, 4.69) is 68.9 Å². The van der Waals surface area contributed by atoms with E-state index in [0.717, 1.165) is 47.5 Å². The average molecular weight is 873 g/mol. The third kappa shape index (κ3) is 11.7.